The minimum atomic E-state index is 1.06. The summed E-state index contributed by atoms with van der Waals surface area (Å²) >= 11 is 0. The van der Waals surface area contributed by atoms with Gasteiger partial charge in [-0.25, -0.2) is 0 Å². The standard InChI is InChI=1S/C18H29N/c1-2-9-17(10-3-1)13-6-7-15-19-16-8-14-18-11-4-5-12-18/h1-3,9-10,18-19H,4-8,11-16H2. The molecule has 1 N–H and O–H groups in total. The topological polar surface area (TPSA) is 12.0 Å². The first-order valence-electron chi connectivity index (χ1n) is 8.20. The molecule has 0 heterocycles. The largest absolute Gasteiger partial charge is 0.317 e. The predicted molar refractivity (Wildman–Crippen MR) is 83.4 cm³/mol. The van der Waals surface area contributed by atoms with Crippen molar-refractivity contribution in [3.05, 3.63) is 35.9 Å². The summed E-state index contributed by atoms with van der Waals surface area (Å²) in [6.07, 6.45) is 12.6. The van der Waals surface area contributed by atoms with Gasteiger partial charge in [0.25, 0.3) is 0 Å². The molecule has 106 valence electrons. The van der Waals surface area contributed by atoms with Crippen molar-refractivity contribution in [3.8, 4) is 0 Å². The molecule has 1 fully saturated rings. The van der Waals surface area contributed by atoms with Gasteiger partial charge in [0.1, 0.15) is 0 Å². The molecule has 0 aliphatic heterocycles. The molecule has 1 saturated carbocycles. The summed E-state index contributed by atoms with van der Waals surface area (Å²) in [7, 11) is 0. The molecular formula is C18H29N. The highest BCUT2D eigenvalue weighted by atomic mass is 14.8. The minimum absolute atomic E-state index is 1.06. The van der Waals surface area contributed by atoms with Crippen LogP contribution in [0.15, 0.2) is 30.3 Å². The Bertz CT molecular complexity index is 314. The first-order chi connectivity index (χ1) is 9.45. The Kier molecular flexibility index (Phi) is 7.02. The van der Waals surface area contributed by atoms with Gasteiger partial charge in [0.05, 0.1) is 0 Å². The Balaban J connectivity index is 1.38. The minimum Gasteiger partial charge on any atom is -0.317 e. The van der Waals surface area contributed by atoms with E-state index >= 15 is 0 Å². The van der Waals surface area contributed by atoms with Crippen molar-refractivity contribution in [1.29, 1.82) is 0 Å². The molecule has 0 unspecified atom stereocenters. The maximum atomic E-state index is 3.60. The Hall–Kier alpha value is -0.820. The van der Waals surface area contributed by atoms with Gasteiger partial charge in [-0.05, 0) is 56.7 Å². The van der Waals surface area contributed by atoms with Crippen molar-refractivity contribution in [2.75, 3.05) is 13.1 Å². The Morgan fingerprint density at radius 1 is 0.895 bits per heavy atom. The molecule has 1 aliphatic carbocycles. The van der Waals surface area contributed by atoms with Gasteiger partial charge in [0, 0.05) is 0 Å². The second-order valence-corrected chi connectivity index (χ2v) is 5.99. The molecule has 1 aromatic carbocycles. The highest BCUT2D eigenvalue weighted by molar-refractivity contribution is 5.14. The van der Waals surface area contributed by atoms with Crippen LogP contribution in [0.4, 0.5) is 0 Å². The highest BCUT2D eigenvalue weighted by Gasteiger charge is 2.13. The van der Waals surface area contributed by atoms with Crippen LogP contribution in [-0.2, 0) is 6.42 Å². The average molecular weight is 259 g/mol. The SMILES string of the molecule is c1ccc(CCCCNCCCC2CCCC2)cc1. The van der Waals surface area contributed by atoms with Gasteiger partial charge >= 0.3 is 0 Å². The van der Waals surface area contributed by atoms with E-state index in [9.17, 15) is 0 Å². The van der Waals surface area contributed by atoms with E-state index in [2.05, 4.69) is 35.6 Å². The van der Waals surface area contributed by atoms with Gasteiger partial charge in [-0.2, -0.15) is 0 Å². The van der Waals surface area contributed by atoms with Crippen molar-refractivity contribution in [2.24, 2.45) is 5.92 Å². The van der Waals surface area contributed by atoms with Gasteiger partial charge in [-0.3, -0.25) is 0 Å². The third-order valence-corrected chi connectivity index (χ3v) is 4.35. The fourth-order valence-corrected chi connectivity index (χ4v) is 3.16. The lowest BCUT2D eigenvalue weighted by Gasteiger charge is -2.09. The zero-order valence-electron chi connectivity index (χ0n) is 12.2. The van der Waals surface area contributed by atoms with Gasteiger partial charge in [0.2, 0.25) is 0 Å². The zero-order chi connectivity index (χ0) is 13.2. The Morgan fingerprint density at radius 2 is 1.63 bits per heavy atom. The van der Waals surface area contributed by atoms with Crippen molar-refractivity contribution in [3.63, 3.8) is 0 Å². The van der Waals surface area contributed by atoms with Crippen LogP contribution >= 0.6 is 0 Å². The number of hydrogen-bond acceptors (Lipinski definition) is 1. The lowest BCUT2D eigenvalue weighted by molar-refractivity contribution is 0.468. The van der Waals surface area contributed by atoms with E-state index in [-0.39, 0.29) is 0 Å². The van der Waals surface area contributed by atoms with E-state index in [0.717, 1.165) is 5.92 Å². The first kappa shape index (κ1) is 14.6. The number of hydrogen-bond donors (Lipinski definition) is 1. The number of aryl methyl sites for hydroxylation is 1. The van der Waals surface area contributed by atoms with E-state index in [4.69, 9.17) is 0 Å². The number of rotatable bonds is 9. The fraction of sp³-hybridized carbons (Fsp3) is 0.667. The molecule has 1 aromatic rings. The molecule has 1 aliphatic rings. The van der Waals surface area contributed by atoms with Crippen molar-refractivity contribution < 1.29 is 0 Å². The van der Waals surface area contributed by atoms with Crippen molar-refractivity contribution >= 4 is 0 Å². The van der Waals surface area contributed by atoms with Crippen LogP contribution in [0.25, 0.3) is 0 Å². The molecule has 19 heavy (non-hydrogen) atoms. The average Bonchev–Trinajstić information content (AvgIpc) is 2.96. The van der Waals surface area contributed by atoms with Crippen LogP contribution in [-0.4, -0.2) is 13.1 Å². The number of unbranched alkanes of at least 4 members (excludes halogenated alkanes) is 1. The molecule has 0 spiro atoms. The first-order valence-corrected chi connectivity index (χ1v) is 8.20. The van der Waals surface area contributed by atoms with Gasteiger partial charge in [0.15, 0.2) is 0 Å². The van der Waals surface area contributed by atoms with Crippen LogP contribution in [0.3, 0.4) is 0 Å². The summed E-state index contributed by atoms with van der Waals surface area (Å²) < 4.78 is 0. The maximum Gasteiger partial charge on any atom is -0.00488 e. The van der Waals surface area contributed by atoms with E-state index in [1.807, 2.05) is 0 Å². The second kappa shape index (κ2) is 9.14. The molecule has 0 saturated heterocycles. The molecule has 0 bridgehead atoms. The molecule has 0 radical (unpaired) electrons. The fourth-order valence-electron chi connectivity index (χ4n) is 3.16. The molecule has 0 aromatic heterocycles. The van der Waals surface area contributed by atoms with E-state index in [0.29, 0.717) is 0 Å². The normalized spacial score (nSPS) is 16.0. The Morgan fingerprint density at radius 3 is 2.42 bits per heavy atom. The zero-order valence-corrected chi connectivity index (χ0v) is 12.2. The summed E-state index contributed by atoms with van der Waals surface area (Å²) in [4.78, 5) is 0. The number of nitrogens with one attached hydrogen (secondary N) is 1. The van der Waals surface area contributed by atoms with Crippen molar-refractivity contribution in [2.45, 2.75) is 57.8 Å². The van der Waals surface area contributed by atoms with E-state index in [1.165, 1.54) is 76.4 Å². The molecule has 1 nitrogen and oxygen atoms in total. The van der Waals surface area contributed by atoms with Crippen LogP contribution in [0.5, 0.6) is 0 Å². The lowest BCUT2D eigenvalue weighted by Crippen LogP contribution is -2.17. The Labute approximate surface area is 118 Å². The molecule has 2 rings (SSSR count). The van der Waals surface area contributed by atoms with E-state index in [1.54, 1.807) is 0 Å². The highest BCUT2D eigenvalue weighted by Crippen LogP contribution is 2.28. The molecule has 0 amide bonds. The van der Waals surface area contributed by atoms with Crippen molar-refractivity contribution in [1.82, 2.24) is 5.32 Å². The molecule has 1 heteroatoms. The summed E-state index contributed by atoms with van der Waals surface area (Å²) in [5.41, 5.74) is 1.48. The van der Waals surface area contributed by atoms with Gasteiger partial charge in [-0.15, -0.1) is 0 Å². The van der Waals surface area contributed by atoms with Crippen LogP contribution in [0, 0.1) is 5.92 Å². The molecule has 0 atom stereocenters. The number of benzene rings is 1. The quantitative estimate of drug-likeness (QED) is 0.641. The second-order valence-electron chi connectivity index (χ2n) is 5.99. The molecular weight excluding hydrogens is 230 g/mol. The van der Waals surface area contributed by atoms with Gasteiger partial charge < -0.3 is 5.32 Å². The summed E-state index contributed by atoms with van der Waals surface area (Å²) in [6.45, 7) is 2.42. The summed E-state index contributed by atoms with van der Waals surface area (Å²) in [5, 5.41) is 3.60. The third kappa shape index (κ3) is 6.24. The van der Waals surface area contributed by atoms with Crippen LogP contribution < -0.4 is 5.32 Å². The smallest absolute Gasteiger partial charge is 0.00488 e. The summed E-state index contributed by atoms with van der Waals surface area (Å²) in [5.74, 6) is 1.06. The summed E-state index contributed by atoms with van der Waals surface area (Å²) in [6, 6.07) is 10.8. The third-order valence-electron chi connectivity index (χ3n) is 4.35. The van der Waals surface area contributed by atoms with E-state index < -0.39 is 0 Å². The predicted octanol–water partition coefficient (Wildman–Crippen LogP) is 4.57. The lowest BCUT2D eigenvalue weighted by atomic mass is 10.0. The van der Waals surface area contributed by atoms with Crippen LogP contribution in [0.2, 0.25) is 0 Å². The van der Waals surface area contributed by atoms with Gasteiger partial charge in [-0.1, -0.05) is 56.0 Å². The maximum absolute atomic E-state index is 3.60. The monoisotopic (exact) mass is 259 g/mol. The van der Waals surface area contributed by atoms with Crippen LogP contribution in [0.1, 0.15) is 56.9 Å².